The van der Waals surface area contributed by atoms with Crippen molar-refractivity contribution in [2.24, 2.45) is 0 Å². The van der Waals surface area contributed by atoms with E-state index >= 15 is 0 Å². The van der Waals surface area contributed by atoms with Crippen LogP contribution >= 0.6 is 11.6 Å². The van der Waals surface area contributed by atoms with E-state index in [2.05, 4.69) is 0 Å². The van der Waals surface area contributed by atoms with Crippen molar-refractivity contribution < 1.29 is 15.0 Å². The SMILES string of the molecule is O=C1CCCc2ccc(C(O)C(O)CCl)cc21. The van der Waals surface area contributed by atoms with Crippen molar-refractivity contribution in [2.75, 3.05) is 5.88 Å². The van der Waals surface area contributed by atoms with Gasteiger partial charge >= 0.3 is 0 Å². The van der Waals surface area contributed by atoms with E-state index in [1.165, 1.54) is 0 Å². The molecule has 0 spiro atoms. The van der Waals surface area contributed by atoms with Crippen molar-refractivity contribution in [1.29, 1.82) is 0 Å². The van der Waals surface area contributed by atoms with E-state index in [-0.39, 0.29) is 11.7 Å². The van der Waals surface area contributed by atoms with Gasteiger partial charge in [-0.05, 0) is 30.0 Å². The van der Waals surface area contributed by atoms with Gasteiger partial charge in [0.05, 0.1) is 12.0 Å². The highest BCUT2D eigenvalue weighted by molar-refractivity contribution is 6.18. The number of aliphatic hydroxyl groups excluding tert-OH is 2. The number of Topliss-reactive ketones (excluding diaryl/α,β-unsaturated/α-hetero) is 1. The third-order valence-corrected chi connectivity index (χ3v) is 3.46. The fourth-order valence-corrected chi connectivity index (χ4v) is 2.30. The zero-order chi connectivity index (χ0) is 12.4. The molecule has 2 atom stereocenters. The van der Waals surface area contributed by atoms with Crippen LogP contribution in [0.25, 0.3) is 0 Å². The summed E-state index contributed by atoms with van der Waals surface area (Å²) in [6.45, 7) is 0. The van der Waals surface area contributed by atoms with E-state index in [0.29, 0.717) is 17.5 Å². The Morgan fingerprint density at radius 3 is 2.76 bits per heavy atom. The van der Waals surface area contributed by atoms with Gasteiger partial charge in [0.25, 0.3) is 0 Å². The first-order valence-corrected chi connectivity index (χ1v) is 6.25. The monoisotopic (exact) mass is 254 g/mol. The number of carbonyl (C=O) groups excluding carboxylic acids is 1. The summed E-state index contributed by atoms with van der Waals surface area (Å²) in [5, 5.41) is 19.3. The molecule has 0 saturated heterocycles. The number of rotatable bonds is 3. The molecule has 0 aromatic heterocycles. The van der Waals surface area contributed by atoms with Gasteiger partial charge in [0.15, 0.2) is 5.78 Å². The molecule has 0 saturated carbocycles. The lowest BCUT2D eigenvalue weighted by Crippen LogP contribution is -2.20. The number of benzene rings is 1. The average Bonchev–Trinajstić information content (AvgIpc) is 2.37. The van der Waals surface area contributed by atoms with Crippen LogP contribution in [0.15, 0.2) is 18.2 Å². The molecular weight excluding hydrogens is 240 g/mol. The van der Waals surface area contributed by atoms with Gasteiger partial charge in [-0.15, -0.1) is 11.6 Å². The van der Waals surface area contributed by atoms with Crippen LogP contribution in [0.5, 0.6) is 0 Å². The Labute approximate surface area is 105 Å². The lowest BCUT2D eigenvalue weighted by atomic mass is 9.88. The second-order valence-electron chi connectivity index (χ2n) is 4.36. The van der Waals surface area contributed by atoms with Gasteiger partial charge in [-0.25, -0.2) is 0 Å². The molecule has 3 nitrogen and oxygen atoms in total. The highest BCUT2D eigenvalue weighted by Gasteiger charge is 2.22. The fourth-order valence-electron chi connectivity index (χ4n) is 2.14. The van der Waals surface area contributed by atoms with Gasteiger partial charge in [-0.3, -0.25) is 4.79 Å². The number of ketones is 1. The molecule has 1 aromatic rings. The topological polar surface area (TPSA) is 57.5 Å². The second-order valence-corrected chi connectivity index (χ2v) is 4.67. The standard InChI is InChI=1S/C13H15ClO3/c14-7-12(16)13(17)9-5-4-8-2-1-3-11(15)10(8)6-9/h4-6,12-13,16-17H,1-3,7H2. The van der Waals surface area contributed by atoms with Crippen LogP contribution < -0.4 is 0 Å². The summed E-state index contributed by atoms with van der Waals surface area (Å²) in [7, 11) is 0. The maximum Gasteiger partial charge on any atom is 0.163 e. The predicted octanol–water partition coefficient (Wildman–Crippen LogP) is 1.84. The quantitative estimate of drug-likeness (QED) is 0.810. The molecule has 0 aliphatic heterocycles. The van der Waals surface area contributed by atoms with Gasteiger partial charge in [-0.1, -0.05) is 12.1 Å². The number of aryl methyl sites for hydroxylation is 1. The molecule has 0 heterocycles. The first-order valence-electron chi connectivity index (χ1n) is 5.71. The number of alkyl halides is 1. The van der Waals surface area contributed by atoms with Crippen LogP contribution in [0, 0.1) is 0 Å². The van der Waals surface area contributed by atoms with Crippen molar-refractivity contribution in [2.45, 2.75) is 31.5 Å². The van der Waals surface area contributed by atoms with Crippen LogP contribution in [-0.4, -0.2) is 28.0 Å². The van der Waals surface area contributed by atoms with Crippen LogP contribution in [0.3, 0.4) is 0 Å². The average molecular weight is 255 g/mol. The minimum atomic E-state index is -1.03. The molecule has 1 aliphatic carbocycles. The van der Waals surface area contributed by atoms with Crippen LogP contribution in [0.2, 0.25) is 0 Å². The lowest BCUT2D eigenvalue weighted by Gasteiger charge is -2.20. The molecule has 0 bridgehead atoms. The van der Waals surface area contributed by atoms with Crippen molar-refractivity contribution in [1.82, 2.24) is 0 Å². The largest absolute Gasteiger partial charge is 0.389 e. The molecule has 1 aromatic carbocycles. The van der Waals surface area contributed by atoms with E-state index in [0.717, 1.165) is 18.4 Å². The molecule has 17 heavy (non-hydrogen) atoms. The first-order chi connectivity index (χ1) is 8.13. The lowest BCUT2D eigenvalue weighted by molar-refractivity contribution is 0.0326. The van der Waals surface area contributed by atoms with Crippen molar-refractivity contribution in [3.05, 3.63) is 34.9 Å². The summed E-state index contributed by atoms with van der Waals surface area (Å²) < 4.78 is 0. The van der Waals surface area contributed by atoms with E-state index < -0.39 is 12.2 Å². The van der Waals surface area contributed by atoms with E-state index in [9.17, 15) is 15.0 Å². The number of carbonyl (C=O) groups is 1. The summed E-state index contributed by atoms with van der Waals surface area (Å²) >= 11 is 5.49. The third kappa shape index (κ3) is 2.51. The zero-order valence-corrected chi connectivity index (χ0v) is 10.2. The fraction of sp³-hybridized carbons (Fsp3) is 0.462. The maximum atomic E-state index is 11.7. The number of hydrogen-bond acceptors (Lipinski definition) is 3. The minimum Gasteiger partial charge on any atom is -0.389 e. The van der Waals surface area contributed by atoms with Crippen molar-refractivity contribution >= 4 is 17.4 Å². The maximum absolute atomic E-state index is 11.7. The van der Waals surface area contributed by atoms with E-state index in [4.69, 9.17) is 11.6 Å². The van der Waals surface area contributed by atoms with Crippen molar-refractivity contribution in [3.63, 3.8) is 0 Å². The molecule has 92 valence electrons. The molecule has 1 aliphatic rings. The normalized spacial score (nSPS) is 18.6. The van der Waals surface area contributed by atoms with Gasteiger partial charge in [0, 0.05) is 12.0 Å². The second kappa shape index (κ2) is 5.17. The van der Waals surface area contributed by atoms with Gasteiger partial charge < -0.3 is 10.2 Å². The summed E-state index contributed by atoms with van der Waals surface area (Å²) in [5.41, 5.74) is 2.25. The van der Waals surface area contributed by atoms with Crippen molar-refractivity contribution in [3.8, 4) is 0 Å². The predicted molar refractivity (Wildman–Crippen MR) is 65.4 cm³/mol. The van der Waals surface area contributed by atoms with Crippen LogP contribution in [0.1, 0.15) is 40.4 Å². The van der Waals surface area contributed by atoms with Gasteiger partial charge in [0.1, 0.15) is 6.10 Å². The number of aliphatic hydroxyl groups is 2. The Morgan fingerprint density at radius 2 is 2.06 bits per heavy atom. The zero-order valence-electron chi connectivity index (χ0n) is 9.40. The van der Waals surface area contributed by atoms with Crippen LogP contribution in [0.4, 0.5) is 0 Å². The molecule has 2 unspecified atom stereocenters. The summed E-state index contributed by atoms with van der Waals surface area (Å²) in [4.78, 5) is 11.7. The smallest absolute Gasteiger partial charge is 0.163 e. The van der Waals surface area contributed by atoms with Gasteiger partial charge in [-0.2, -0.15) is 0 Å². The molecule has 0 radical (unpaired) electrons. The highest BCUT2D eigenvalue weighted by Crippen LogP contribution is 2.26. The Balaban J connectivity index is 2.32. The molecular formula is C13H15ClO3. The molecule has 4 heteroatoms. The van der Waals surface area contributed by atoms with E-state index in [1.807, 2.05) is 6.07 Å². The number of fused-ring (bicyclic) bond motifs is 1. The molecule has 2 N–H and O–H groups in total. The minimum absolute atomic E-state index is 0.0355. The molecule has 0 amide bonds. The first kappa shape index (κ1) is 12.6. The summed E-state index contributed by atoms with van der Waals surface area (Å²) in [6.07, 6.45) is 0.305. The summed E-state index contributed by atoms with van der Waals surface area (Å²) in [5.74, 6) is 0.0762. The Hall–Kier alpha value is -0.900. The Kier molecular flexibility index (Phi) is 3.82. The Bertz CT molecular complexity index is 431. The summed E-state index contributed by atoms with van der Waals surface area (Å²) in [6, 6.07) is 5.28. The number of hydrogen-bond donors (Lipinski definition) is 2. The third-order valence-electron chi connectivity index (χ3n) is 3.15. The Morgan fingerprint density at radius 1 is 1.29 bits per heavy atom. The van der Waals surface area contributed by atoms with Gasteiger partial charge in [0.2, 0.25) is 0 Å². The highest BCUT2D eigenvalue weighted by atomic mass is 35.5. The van der Waals surface area contributed by atoms with E-state index in [1.54, 1.807) is 12.1 Å². The molecule has 2 rings (SSSR count). The molecule has 0 fully saturated rings. The number of halogens is 1. The van der Waals surface area contributed by atoms with Crippen LogP contribution in [-0.2, 0) is 6.42 Å².